The summed E-state index contributed by atoms with van der Waals surface area (Å²) in [5.74, 6) is -0.316. The predicted octanol–water partition coefficient (Wildman–Crippen LogP) is 4.94. The first-order valence-electron chi connectivity index (χ1n) is 16.3. The number of para-hydroxylation sites is 1. The van der Waals surface area contributed by atoms with E-state index >= 15 is 0 Å². The molecule has 278 valence electrons. The molecule has 20 nitrogen and oxygen atoms in total. The standard InChI is InChI=1S/C33H34N8O12/c1-3-48-32-34-28-13-8-12-27(31(42)51-21(2)52-33(43)49-18-7-6-9-24(53-41(46)47)20-50-40(44)45)29(28)39(32)19-22-14-16-23(17-15-22)25-10-4-5-11-26(25)30-35-37-38-36-30/h4-5,8,10-17,21,24H,3,6-7,9,18-20H2,1-2H3,(H,35,36,37,38)/t21?,24-/m1/s1. The van der Waals surface area contributed by atoms with Gasteiger partial charge in [0.25, 0.3) is 16.2 Å². The largest absolute Gasteiger partial charge is 0.511 e. The maximum Gasteiger partial charge on any atom is 0.511 e. The van der Waals surface area contributed by atoms with E-state index in [9.17, 15) is 29.8 Å². The minimum atomic E-state index is -1.34. The Morgan fingerprint density at radius 3 is 2.42 bits per heavy atom. The third-order valence-electron chi connectivity index (χ3n) is 7.62. The average molecular weight is 735 g/mol. The second-order valence-electron chi connectivity index (χ2n) is 11.2. The summed E-state index contributed by atoms with van der Waals surface area (Å²) in [6.45, 7) is 3.01. The van der Waals surface area contributed by atoms with Crippen molar-refractivity contribution >= 4 is 23.2 Å². The maximum atomic E-state index is 13.4. The van der Waals surface area contributed by atoms with Gasteiger partial charge in [0.15, 0.2) is 0 Å². The lowest BCUT2D eigenvalue weighted by Gasteiger charge is -2.16. The Labute approximate surface area is 300 Å². The zero-order valence-electron chi connectivity index (χ0n) is 28.5. The number of rotatable bonds is 19. The average Bonchev–Trinajstić information content (AvgIpc) is 3.79. The highest BCUT2D eigenvalue weighted by atomic mass is 17.0. The molecule has 5 rings (SSSR count). The lowest BCUT2D eigenvalue weighted by atomic mass is 9.98. The zero-order chi connectivity index (χ0) is 37.7. The number of aromatic amines is 1. The summed E-state index contributed by atoms with van der Waals surface area (Å²) in [7, 11) is 0. The van der Waals surface area contributed by atoms with E-state index in [1.165, 1.54) is 6.92 Å². The lowest BCUT2D eigenvalue weighted by Crippen LogP contribution is -2.25. The Morgan fingerprint density at radius 2 is 1.72 bits per heavy atom. The number of imidazole rings is 1. The molecule has 20 heteroatoms. The molecular formula is C33H34N8O12. The number of ether oxygens (including phenoxy) is 4. The monoisotopic (exact) mass is 734 g/mol. The molecule has 2 atom stereocenters. The number of hydrogen-bond acceptors (Lipinski definition) is 16. The van der Waals surface area contributed by atoms with Gasteiger partial charge >= 0.3 is 12.1 Å². The smallest absolute Gasteiger partial charge is 0.465 e. The third-order valence-corrected chi connectivity index (χ3v) is 7.62. The van der Waals surface area contributed by atoms with Gasteiger partial charge in [0.05, 0.1) is 36.4 Å². The van der Waals surface area contributed by atoms with Crippen LogP contribution in [0.15, 0.2) is 66.7 Å². The van der Waals surface area contributed by atoms with Crippen LogP contribution >= 0.6 is 0 Å². The summed E-state index contributed by atoms with van der Waals surface area (Å²) < 4.78 is 23.1. The minimum Gasteiger partial charge on any atom is -0.465 e. The highest BCUT2D eigenvalue weighted by Crippen LogP contribution is 2.31. The number of fused-ring (bicyclic) bond motifs is 1. The highest BCUT2D eigenvalue weighted by Gasteiger charge is 2.24. The van der Waals surface area contributed by atoms with E-state index in [-0.39, 0.29) is 31.4 Å². The van der Waals surface area contributed by atoms with Crippen molar-refractivity contribution in [1.29, 1.82) is 0 Å². The van der Waals surface area contributed by atoms with Gasteiger partial charge < -0.3 is 28.6 Å². The molecule has 0 bridgehead atoms. The van der Waals surface area contributed by atoms with Crippen molar-refractivity contribution in [3.8, 4) is 28.5 Å². The summed E-state index contributed by atoms with van der Waals surface area (Å²) in [6.07, 6.45) is -3.14. The van der Waals surface area contributed by atoms with Crippen LogP contribution in [-0.4, -0.2) is 84.7 Å². The van der Waals surface area contributed by atoms with E-state index in [0.717, 1.165) is 22.3 Å². The number of benzene rings is 3. The molecule has 0 aliphatic rings. The summed E-state index contributed by atoms with van der Waals surface area (Å²) in [5.41, 5.74) is 4.65. The molecule has 2 heterocycles. The zero-order valence-corrected chi connectivity index (χ0v) is 28.5. The molecule has 3 aromatic carbocycles. The summed E-state index contributed by atoms with van der Waals surface area (Å²) in [4.78, 5) is 59.7. The van der Waals surface area contributed by atoms with E-state index < -0.39 is 41.3 Å². The second-order valence-corrected chi connectivity index (χ2v) is 11.2. The SMILES string of the molecule is CCOc1nc2cccc(C(=O)OC(C)OC(=O)OCCCC[C@H](CO[N+](=O)[O-])O[N+](=O)[O-])c2n1Cc1ccc(-c2ccccc2-c2nn[nH]n2)cc1. The molecule has 0 aliphatic carbocycles. The molecular weight excluding hydrogens is 700 g/mol. The maximum absolute atomic E-state index is 13.4. The van der Waals surface area contributed by atoms with Gasteiger partial charge in [-0.1, -0.05) is 54.6 Å². The van der Waals surface area contributed by atoms with Crippen molar-refractivity contribution in [2.75, 3.05) is 19.8 Å². The summed E-state index contributed by atoms with van der Waals surface area (Å²) in [6, 6.07) is 20.8. The van der Waals surface area contributed by atoms with Crippen molar-refractivity contribution in [3.63, 3.8) is 0 Å². The number of nitrogens with one attached hydrogen (secondary N) is 1. The van der Waals surface area contributed by atoms with Crippen molar-refractivity contribution in [2.24, 2.45) is 0 Å². The van der Waals surface area contributed by atoms with Crippen LogP contribution in [0, 0.1) is 20.2 Å². The van der Waals surface area contributed by atoms with Crippen LogP contribution < -0.4 is 4.74 Å². The molecule has 0 aliphatic heterocycles. The molecule has 0 fully saturated rings. The Hall–Kier alpha value is -6.86. The fourth-order valence-electron chi connectivity index (χ4n) is 5.36. The molecule has 1 unspecified atom stereocenters. The van der Waals surface area contributed by atoms with Crippen molar-refractivity contribution in [2.45, 2.75) is 52.0 Å². The van der Waals surface area contributed by atoms with Crippen molar-refractivity contribution in [1.82, 2.24) is 30.2 Å². The van der Waals surface area contributed by atoms with Crippen LogP contribution in [0.4, 0.5) is 4.79 Å². The van der Waals surface area contributed by atoms with Gasteiger partial charge in [-0.05, 0) is 60.2 Å². The van der Waals surface area contributed by atoms with Crippen LogP contribution in [0.2, 0.25) is 0 Å². The normalized spacial score (nSPS) is 12.0. The van der Waals surface area contributed by atoms with Gasteiger partial charge in [-0.25, -0.2) is 9.59 Å². The first-order valence-corrected chi connectivity index (χ1v) is 16.3. The lowest BCUT2D eigenvalue weighted by molar-refractivity contribution is -0.790. The van der Waals surface area contributed by atoms with E-state index in [1.54, 1.807) is 22.8 Å². The predicted molar refractivity (Wildman–Crippen MR) is 181 cm³/mol. The number of aromatic nitrogens is 6. The molecule has 1 N–H and O–H groups in total. The summed E-state index contributed by atoms with van der Waals surface area (Å²) >= 11 is 0. The topological polar surface area (TPSA) is 248 Å². The molecule has 2 aromatic heterocycles. The van der Waals surface area contributed by atoms with Crippen LogP contribution in [0.1, 0.15) is 49.0 Å². The van der Waals surface area contributed by atoms with Crippen LogP contribution in [0.3, 0.4) is 0 Å². The van der Waals surface area contributed by atoms with Gasteiger partial charge in [-0.15, -0.1) is 30.4 Å². The molecule has 0 saturated heterocycles. The number of carbonyl (C=O) groups is 2. The second kappa shape index (κ2) is 17.9. The van der Waals surface area contributed by atoms with Gasteiger partial charge in [-0.3, -0.25) is 4.57 Å². The number of unbranched alkanes of at least 4 members (excludes halogenated alkanes) is 1. The molecule has 53 heavy (non-hydrogen) atoms. The minimum absolute atomic E-state index is 0.0246. The number of hydrogen-bond donors (Lipinski definition) is 1. The number of carbonyl (C=O) groups excluding carboxylic acids is 2. The molecule has 0 spiro atoms. The van der Waals surface area contributed by atoms with Crippen LogP contribution in [0.5, 0.6) is 6.01 Å². The number of esters is 1. The number of H-pyrrole nitrogens is 1. The first-order chi connectivity index (χ1) is 25.6. The quantitative estimate of drug-likeness (QED) is 0.0388. The van der Waals surface area contributed by atoms with Crippen LogP contribution in [0.25, 0.3) is 33.5 Å². The molecule has 5 aromatic rings. The van der Waals surface area contributed by atoms with E-state index in [0.29, 0.717) is 36.0 Å². The number of tetrazole rings is 1. The van der Waals surface area contributed by atoms with Gasteiger partial charge in [0.2, 0.25) is 12.1 Å². The Morgan fingerprint density at radius 1 is 0.943 bits per heavy atom. The molecule has 0 radical (unpaired) electrons. The van der Waals surface area contributed by atoms with E-state index in [4.69, 9.17) is 18.9 Å². The number of nitrogens with zero attached hydrogens (tertiary/aromatic N) is 7. The van der Waals surface area contributed by atoms with Crippen LogP contribution in [-0.2, 0) is 30.4 Å². The molecule has 0 amide bonds. The Kier molecular flexibility index (Phi) is 12.6. The van der Waals surface area contributed by atoms with Crippen molar-refractivity contribution in [3.05, 3.63) is 98.1 Å². The van der Waals surface area contributed by atoms with E-state index in [1.807, 2.05) is 55.5 Å². The third kappa shape index (κ3) is 10.1. The highest BCUT2D eigenvalue weighted by molar-refractivity contribution is 6.02. The fourth-order valence-corrected chi connectivity index (χ4v) is 5.36. The Bertz CT molecular complexity index is 2020. The molecule has 0 saturated carbocycles. The van der Waals surface area contributed by atoms with Gasteiger partial charge in [0.1, 0.15) is 12.7 Å². The van der Waals surface area contributed by atoms with Gasteiger partial charge in [0, 0.05) is 12.5 Å². The Balaban J connectivity index is 1.21. The first kappa shape index (κ1) is 37.4. The summed E-state index contributed by atoms with van der Waals surface area (Å²) in [5, 5.41) is 33.2. The van der Waals surface area contributed by atoms with Crippen molar-refractivity contribution < 1.29 is 48.4 Å². The van der Waals surface area contributed by atoms with E-state index in [2.05, 4.69) is 35.3 Å². The fraction of sp³-hybridized carbons (Fsp3) is 0.333. The van der Waals surface area contributed by atoms with Gasteiger partial charge in [-0.2, -0.15) is 10.2 Å².